The van der Waals surface area contributed by atoms with Crippen LogP contribution in [0.3, 0.4) is 0 Å². The largest absolute Gasteiger partial charge is 0.573 e. The van der Waals surface area contributed by atoms with E-state index in [1.165, 1.54) is 13.0 Å². The second-order valence-corrected chi connectivity index (χ2v) is 3.51. The maximum atomic E-state index is 12.0. The third-order valence-electron chi connectivity index (χ3n) is 1.87. The number of aldehydes is 1. The van der Waals surface area contributed by atoms with Crippen LogP contribution >= 0.6 is 0 Å². The molecule has 0 aliphatic rings. The minimum atomic E-state index is -4.85. The summed E-state index contributed by atoms with van der Waals surface area (Å²) in [5.74, 6) is -0.535. The fourth-order valence-electron chi connectivity index (χ4n) is 1.19. The molecule has 0 aromatic heterocycles. The number of benzene rings is 1. The van der Waals surface area contributed by atoms with E-state index in [4.69, 9.17) is 9.84 Å². The van der Waals surface area contributed by atoms with E-state index in [1.54, 1.807) is 0 Å². The molecule has 18 heavy (non-hydrogen) atoms. The molecule has 4 nitrogen and oxygen atoms in total. The van der Waals surface area contributed by atoms with Crippen molar-refractivity contribution >= 4 is 6.29 Å². The van der Waals surface area contributed by atoms with Gasteiger partial charge in [-0.2, -0.15) is 0 Å². The van der Waals surface area contributed by atoms with Crippen LogP contribution in [0.15, 0.2) is 18.2 Å². The summed E-state index contributed by atoms with van der Waals surface area (Å²) in [4.78, 5) is 10.6. The third kappa shape index (κ3) is 4.62. The molecule has 7 heteroatoms. The maximum absolute atomic E-state index is 12.0. The van der Waals surface area contributed by atoms with Crippen molar-refractivity contribution in [2.75, 3.05) is 6.61 Å². The van der Waals surface area contributed by atoms with Crippen molar-refractivity contribution in [2.45, 2.75) is 19.4 Å². The zero-order valence-corrected chi connectivity index (χ0v) is 9.40. The van der Waals surface area contributed by atoms with Crippen LogP contribution in [0.25, 0.3) is 0 Å². The van der Waals surface area contributed by atoms with Gasteiger partial charge in [0.05, 0.1) is 6.61 Å². The molecule has 0 heterocycles. The summed E-state index contributed by atoms with van der Waals surface area (Å²) in [5, 5.41) is 8.77. The van der Waals surface area contributed by atoms with Crippen LogP contribution in [0.1, 0.15) is 17.3 Å². The lowest BCUT2D eigenvalue weighted by atomic mass is 10.2. The van der Waals surface area contributed by atoms with Crippen molar-refractivity contribution in [2.24, 2.45) is 0 Å². The van der Waals surface area contributed by atoms with Crippen LogP contribution in [0, 0.1) is 0 Å². The Kier molecular flexibility index (Phi) is 4.55. The Hall–Kier alpha value is -1.76. The topological polar surface area (TPSA) is 55.8 Å². The number of carbonyl (C=O) groups is 1. The standard InChI is InChI=1S/C11H11F3O4/c1-7(5-15)17-9-2-8(6-16)3-10(4-9)18-11(12,13)14/h2-4,6-7,15H,5H2,1H3/t7-/m1/s1. The van der Waals surface area contributed by atoms with Crippen LogP contribution in [0.5, 0.6) is 11.5 Å². The van der Waals surface area contributed by atoms with Gasteiger partial charge in [-0.25, -0.2) is 0 Å². The normalized spacial score (nSPS) is 12.9. The van der Waals surface area contributed by atoms with E-state index in [9.17, 15) is 18.0 Å². The highest BCUT2D eigenvalue weighted by molar-refractivity contribution is 5.76. The lowest BCUT2D eigenvalue weighted by Gasteiger charge is -2.14. The molecule has 1 N–H and O–H groups in total. The van der Waals surface area contributed by atoms with Gasteiger partial charge in [-0.15, -0.1) is 13.2 Å². The molecule has 0 spiro atoms. The van der Waals surface area contributed by atoms with Crippen LogP contribution in [-0.4, -0.2) is 30.5 Å². The zero-order chi connectivity index (χ0) is 13.8. The molecule has 0 aliphatic heterocycles. The van der Waals surface area contributed by atoms with Gasteiger partial charge in [0.15, 0.2) is 0 Å². The highest BCUT2D eigenvalue weighted by Gasteiger charge is 2.31. The minimum absolute atomic E-state index is 0.0143. The Balaban J connectivity index is 2.98. The molecule has 0 fully saturated rings. The van der Waals surface area contributed by atoms with E-state index >= 15 is 0 Å². The van der Waals surface area contributed by atoms with Crippen molar-refractivity contribution in [1.82, 2.24) is 0 Å². The molecule has 1 aromatic rings. The molecule has 0 saturated carbocycles. The summed E-state index contributed by atoms with van der Waals surface area (Å²) in [6.45, 7) is 1.22. The highest BCUT2D eigenvalue weighted by Crippen LogP contribution is 2.28. The van der Waals surface area contributed by atoms with E-state index in [2.05, 4.69) is 4.74 Å². The summed E-state index contributed by atoms with van der Waals surface area (Å²) in [6, 6.07) is 3.19. The first-order valence-corrected chi connectivity index (χ1v) is 4.97. The van der Waals surface area contributed by atoms with Gasteiger partial charge in [0.25, 0.3) is 0 Å². The van der Waals surface area contributed by atoms with E-state index < -0.39 is 18.2 Å². The first-order valence-electron chi connectivity index (χ1n) is 4.97. The smallest absolute Gasteiger partial charge is 0.488 e. The van der Waals surface area contributed by atoms with Gasteiger partial charge in [0.2, 0.25) is 0 Å². The second-order valence-electron chi connectivity index (χ2n) is 3.51. The second kappa shape index (κ2) is 5.72. The van der Waals surface area contributed by atoms with Gasteiger partial charge in [0.1, 0.15) is 23.9 Å². The SMILES string of the molecule is C[C@H](CO)Oc1cc(C=O)cc(OC(F)(F)F)c1. The number of hydrogen-bond acceptors (Lipinski definition) is 4. The van der Waals surface area contributed by atoms with Gasteiger partial charge in [-0.1, -0.05) is 0 Å². The molecule has 0 unspecified atom stereocenters. The maximum Gasteiger partial charge on any atom is 0.573 e. The van der Waals surface area contributed by atoms with E-state index in [0.29, 0.717) is 6.29 Å². The van der Waals surface area contributed by atoms with Crippen molar-refractivity contribution in [3.05, 3.63) is 23.8 Å². The fourth-order valence-corrected chi connectivity index (χ4v) is 1.19. The number of ether oxygens (including phenoxy) is 2. The average molecular weight is 264 g/mol. The number of alkyl halides is 3. The summed E-state index contributed by atoms with van der Waals surface area (Å²) in [5.41, 5.74) is -0.0168. The number of aliphatic hydroxyl groups excluding tert-OH is 1. The molecule has 0 saturated heterocycles. The molecule has 100 valence electrons. The van der Waals surface area contributed by atoms with Gasteiger partial charge in [0, 0.05) is 11.6 Å². The van der Waals surface area contributed by atoms with Crippen LogP contribution < -0.4 is 9.47 Å². The van der Waals surface area contributed by atoms with Crippen molar-refractivity contribution < 1.29 is 32.5 Å². The first-order chi connectivity index (χ1) is 8.34. The Labute approximate surface area is 101 Å². The van der Waals surface area contributed by atoms with E-state index in [-0.39, 0.29) is 17.9 Å². The Morgan fingerprint density at radius 3 is 2.44 bits per heavy atom. The van der Waals surface area contributed by atoms with Crippen molar-refractivity contribution in [1.29, 1.82) is 0 Å². The lowest BCUT2D eigenvalue weighted by Crippen LogP contribution is -2.18. The van der Waals surface area contributed by atoms with Crippen LogP contribution in [0.2, 0.25) is 0 Å². The molecular weight excluding hydrogens is 253 g/mol. The predicted molar refractivity (Wildman–Crippen MR) is 55.7 cm³/mol. The molecule has 0 bridgehead atoms. The monoisotopic (exact) mass is 264 g/mol. The number of rotatable bonds is 5. The molecule has 1 aromatic carbocycles. The molecule has 0 aliphatic carbocycles. The predicted octanol–water partition coefficient (Wildman–Crippen LogP) is 2.16. The Bertz CT molecular complexity index is 417. The zero-order valence-electron chi connectivity index (χ0n) is 9.40. The molecule has 1 atom stereocenters. The van der Waals surface area contributed by atoms with Gasteiger partial charge in [-0.3, -0.25) is 4.79 Å². The summed E-state index contributed by atoms with van der Waals surface area (Å²) in [7, 11) is 0. The fraction of sp³-hybridized carbons (Fsp3) is 0.364. The Morgan fingerprint density at radius 1 is 1.33 bits per heavy atom. The molecule has 0 amide bonds. The third-order valence-corrected chi connectivity index (χ3v) is 1.87. The number of halogens is 3. The average Bonchev–Trinajstić information content (AvgIpc) is 2.26. The van der Waals surface area contributed by atoms with Crippen molar-refractivity contribution in [3.8, 4) is 11.5 Å². The number of carbonyl (C=O) groups excluding carboxylic acids is 1. The summed E-state index contributed by atoms with van der Waals surface area (Å²) >= 11 is 0. The summed E-state index contributed by atoms with van der Waals surface area (Å²) in [6.07, 6.45) is -5.08. The van der Waals surface area contributed by atoms with Gasteiger partial charge < -0.3 is 14.6 Å². The van der Waals surface area contributed by atoms with Gasteiger partial charge in [-0.05, 0) is 19.1 Å². The van der Waals surface area contributed by atoms with Crippen LogP contribution in [0.4, 0.5) is 13.2 Å². The molecule has 1 rings (SSSR count). The summed E-state index contributed by atoms with van der Waals surface area (Å²) < 4.78 is 44.9. The Morgan fingerprint density at radius 2 is 1.94 bits per heavy atom. The number of aliphatic hydroxyl groups is 1. The molecular formula is C11H11F3O4. The van der Waals surface area contributed by atoms with Crippen LogP contribution in [-0.2, 0) is 0 Å². The van der Waals surface area contributed by atoms with E-state index in [1.807, 2.05) is 0 Å². The van der Waals surface area contributed by atoms with E-state index in [0.717, 1.165) is 12.1 Å². The highest BCUT2D eigenvalue weighted by atomic mass is 19.4. The first kappa shape index (κ1) is 14.3. The van der Waals surface area contributed by atoms with Crippen molar-refractivity contribution in [3.63, 3.8) is 0 Å². The van der Waals surface area contributed by atoms with Gasteiger partial charge >= 0.3 is 6.36 Å². The number of hydrogen-bond donors (Lipinski definition) is 1. The lowest BCUT2D eigenvalue weighted by molar-refractivity contribution is -0.274. The minimum Gasteiger partial charge on any atom is -0.488 e. The quantitative estimate of drug-likeness (QED) is 0.828. The molecule has 0 radical (unpaired) electrons.